The average Bonchev–Trinajstić information content (AvgIpc) is 3.61. The van der Waals surface area contributed by atoms with Gasteiger partial charge in [-0.2, -0.15) is 0 Å². The van der Waals surface area contributed by atoms with Crippen molar-refractivity contribution in [1.29, 1.82) is 0 Å². The lowest BCUT2D eigenvalue weighted by molar-refractivity contribution is -0.0840. The SMILES string of the molecule is COC1C[C@H](n2ccc(=O)n3ccnc23)OPOC[C@@H](OC)[C@H]([C@H](F)n2cnc3c(=O)[nH]cnc32)COPO1. The van der Waals surface area contributed by atoms with Gasteiger partial charge in [0, 0.05) is 45.3 Å². The zero-order chi connectivity index (χ0) is 27.4. The van der Waals surface area contributed by atoms with Gasteiger partial charge in [-0.25, -0.2) is 19.3 Å². The van der Waals surface area contributed by atoms with Gasteiger partial charge in [0.2, 0.25) is 5.78 Å². The van der Waals surface area contributed by atoms with Crippen molar-refractivity contribution in [2.45, 2.75) is 31.3 Å². The third-order valence-electron chi connectivity index (χ3n) is 6.20. The van der Waals surface area contributed by atoms with Gasteiger partial charge < -0.3 is 32.6 Å². The number of alkyl halides is 1. The number of nitrogens with zero attached hydrogens (tertiary/aromatic N) is 6. The normalized spacial score (nSPS) is 25.9. The molecule has 210 valence electrons. The van der Waals surface area contributed by atoms with Crippen molar-refractivity contribution < 1.29 is 32.0 Å². The Morgan fingerprint density at radius 3 is 2.74 bits per heavy atom. The summed E-state index contributed by atoms with van der Waals surface area (Å²) in [6.07, 6.45) is 3.29. The highest BCUT2D eigenvalue weighted by atomic mass is 31.1. The van der Waals surface area contributed by atoms with E-state index in [1.807, 2.05) is 0 Å². The van der Waals surface area contributed by atoms with Crippen molar-refractivity contribution in [2.24, 2.45) is 5.92 Å². The molecule has 1 fully saturated rings. The van der Waals surface area contributed by atoms with Crippen LogP contribution in [0.15, 0.2) is 46.9 Å². The first-order valence-corrected chi connectivity index (χ1v) is 13.3. The number of halogens is 1. The summed E-state index contributed by atoms with van der Waals surface area (Å²) in [5, 5.41) is 0. The maximum absolute atomic E-state index is 16.0. The Balaban J connectivity index is 1.38. The van der Waals surface area contributed by atoms with E-state index in [1.165, 1.54) is 43.5 Å². The molecule has 0 bridgehead atoms. The van der Waals surface area contributed by atoms with Crippen LogP contribution in [0.4, 0.5) is 4.39 Å². The Kier molecular flexibility index (Phi) is 9.05. The highest BCUT2D eigenvalue weighted by Crippen LogP contribution is 2.35. The van der Waals surface area contributed by atoms with Crippen LogP contribution in [0.1, 0.15) is 18.9 Å². The molecule has 0 aromatic carbocycles. The highest BCUT2D eigenvalue weighted by molar-refractivity contribution is 7.26. The zero-order valence-corrected chi connectivity index (χ0v) is 22.8. The summed E-state index contributed by atoms with van der Waals surface area (Å²) in [7, 11) is 1.91. The first-order chi connectivity index (χ1) is 19.0. The standard InChI is InChI=1S/C21H26FN7O8P2/c1-32-13-9-35-38-36-15(28-5-3-14(30)27-6-4-23-21(27)28)7-16(33-2)37-39-34-8-12(13)18(22)29-11-26-17-19(29)24-10-25-20(17)31/h3-6,10-13,15-16,18,38-39H,7-9H2,1-2H3,(H,24,25,31)/t12-,13-,15-,16?,18-/m1/s1. The molecule has 1 saturated heterocycles. The van der Waals surface area contributed by atoms with Crippen LogP contribution in [0.2, 0.25) is 0 Å². The highest BCUT2D eigenvalue weighted by Gasteiger charge is 2.34. The minimum absolute atomic E-state index is 0.0130. The monoisotopic (exact) mass is 585 g/mol. The predicted molar refractivity (Wildman–Crippen MR) is 137 cm³/mol. The lowest BCUT2D eigenvalue weighted by atomic mass is 10.0. The summed E-state index contributed by atoms with van der Waals surface area (Å²) in [6, 6.07) is 1.39. The zero-order valence-electron chi connectivity index (χ0n) is 20.8. The van der Waals surface area contributed by atoms with Crippen molar-refractivity contribution in [3.05, 3.63) is 58.0 Å². The summed E-state index contributed by atoms with van der Waals surface area (Å²) < 4.78 is 54.5. The van der Waals surface area contributed by atoms with Crippen molar-refractivity contribution in [3.8, 4) is 0 Å². The number of H-pyrrole nitrogens is 1. The van der Waals surface area contributed by atoms with E-state index in [1.54, 1.807) is 17.0 Å². The molecular weight excluding hydrogens is 559 g/mol. The number of rotatable bonds is 5. The number of hydrogen-bond acceptors (Lipinski definition) is 11. The van der Waals surface area contributed by atoms with Gasteiger partial charge in [0.25, 0.3) is 11.1 Å². The lowest BCUT2D eigenvalue weighted by Gasteiger charge is -2.28. The third kappa shape index (κ3) is 5.93. The van der Waals surface area contributed by atoms with E-state index in [0.29, 0.717) is 5.78 Å². The second-order valence-electron chi connectivity index (χ2n) is 8.40. The number of nitrogens with one attached hydrogen (secondary N) is 1. The Morgan fingerprint density at radius 1 is 1.10 bits per heavy atom. The summed E-state index contributed by atoms with van der Waals surface area (Å²) >= 11 is 0. The van der Waals surface area contributed by atoms with Crippen molar-refractivity contribution in [2.75, 3.05) is 27.4 Å². The fraction of sp³-hybridized carbons (Fsp3) is 0.476. The Bertz CT molecular complexity index is 1510. The maximum Gasteiger partial charge on any atom is 0.278 e. The molecule has 4 aromatic heterocycles. The van der Waals surface area contributed by atoms with E-state index < -0.39 is 54.5 Å². The Hall–Kier alpha value is -2.68. The van der Waals surface area contributed by atoms with E-state index in [2.05, 4.69) is 19.9 Å². The van der Waals surface area contributed by atoms with Crippen LogP contribution in [-0.2, 0) is 27.6 Å². The molecule has 4 aromatic rings. The number of imidazole rings is 2. The van der Waals surface area contributed by atoms with E-state index in [-0.39, 0.29) is 36.4 Å². The maximum atomic E-state index is 16.0. The summed E-state index contributed by atoms with van der Waals surface area (Å²) in [6.45, 7) is -0.139. The van der Waals surface area contributed by atoms with Crippen LogP contribution >= 0.6 is 18.1 Å². The summed E-state index contributed by atoms with van der Waals surface area (Å²) in [5.74, 6) is -0.527. The van der Waals surface area contributed by atoms with E-state index in [9.17, 15) is 9.59 Å². The predicted octanol–water partition coefficient (Wildman–Crippen LogP) is 1.69. The minimum Gasteiger partial charge on any atom is -0.378 e. The van der Waals surface area contributed by atoms with Crippen LogP contribution < -0.4 is 11.1 Å². The largest absolute Gasteiger partial charge is 0.378 e. The quantitative estimate of drug-likeness (QED) is 0.340. The average molecular weight is 585 g/mol. The minimum atomic E-state index is -1.72. The molecule has 7 atom stereocenters. The number of hydrogen-bond donors (Lipinski definition) is 1. The lowest BCUT2D eigenvalue weighted by Crippen LogP contribution is -2.35. The second kappa shape index (κ2) is 12.7. The van der Waals surface area contributed by atoms with Gasteiger partial charge in [-0.1, -0.05) is 0 Å². The van der Waals surface area contributed by atoms with Crippen LogP contribution in [0, 0.1) is 5.92 Å². The van der Waals surface area contributed by atoms with Gasteiger partial charge in [-0.15, -0.1) is 0 Å². The first-order valence-electron chi connectivity index (χ1n) is 11.7. The molecule has 0 radical (unpaired) electrons. The molecule has 5 heterocycles. The van der Waals surface area contributed by atoms with Crippen LogP contribution in [0.3, 0.4) is 0 Å². The van der Waals surface area contributed by atoms with E-state index in [0.717, 1.165) is 4.57 Å². The molecule has 18 heteroatoms. The number of fused-ring (bicyclic) bond motifs is 2. The molecular formula is C21H26FN7O8P2. The molecule has 0 aliphatic carbocycles. The number of ether oxygens (including phenoxy) is 2. The van der Waals surface area contributed by atoms with Gasteiger partial charge in [0.1, 0.15) is 6.23 Å². The molecule has 1 N–H and O–H groups in total. The van der Waals surface area contributed by atoms with Gasteiger partial charge in [-0.05, 0) is 0 Å². The van der Waals surface area contributed by atoms with Crippen LogP contribution in [0.5, 0.6) is 0 Å². The smallest absolute Gasteiger partial charge is 0.278 e. The van der Waals surface area contributed by atoms with Crippen molar-refractivity contribution in [1.82, 2.24) is 33.5 Å². The molecule has 3 unspecified atom stereocenters. The Labute approximate surface area is 223 Å². The fourth-order valence-electron chi connectivity index (χ4n) is 4.15. The van der Waals surface area contributed by atoms with Gasteiger partial charge >= 0.3 is 0 Å². The molecule has 39 heavy (non-hydrogen) atoms. The first kappa shape index (κ1) is 27.9. The molecule has 1 aliphatic rings. The van der Waals surface area contributed by atoms with Gasteiger partial charge in [0.05, 0.1) is 37.9 Å². The molecule has 1 aliphatic heterocycles. The third-order valence-corrected chi connectivity index (χ3v) is 7.50. The molecule has 0 spiro atoms. The second-order valence-corrected chi connectivity index (χ2v) is 9.79. The molecule has 15 nitrogen and oxygen atoms in total. The number of aromatic nitrogens is 7. The molecule has 0 saturated carbocycles. The molecule has 0 amide bonds. The van der Waals surface area contributed by atoms with E-state index >= 15 is 4.39 Å². The molecule has 5 rings (SSSR count). The number of aromatic amines is 1. The summed E-state index contributed by atoms with van der Waals surface area (Å²) in [5.41, 5.74) is -0.619. The number of methoxy groups -OCH3 is 2. The van der Waals surface area contributed by atoms with E-state index in [4.69, 9.17) is 27.6 Å². The van der Waals surface area contributed by atoms with Gasteiger partial charge in [-0.3, -0.25) is 23.1 Å². The van der Waals surface area contributed by atoms with Crippen molar-refractivity contribution in [3.63, 3.8) is 0 Å². The summed E-state index contributed by atoms with van der Waals surface area (Å²) in [4.78, 5) is 39.0. The van der Waals surface area contributed by atoms with Crippen LogP contribution in [-0.4, -0.2) is 73.3 Å². The van der Waals surface area contributed by atoms with Gasteiger partial charge in [0.15, 0.2) is 41.8 Å². The van der Waals surface area contributed by atoms with Crippen LogP contribution in [0.25, 0.3) is 16.9 Å². The van der Waals surface area contributed by atoms with Crippen molar-refractivity contribution >= 4 is 35.0 Å². The Morgan fingerprint density at radius 2 is 1.92 bits per heavy atom. The fourth-order valence-corrected chi connectivity index (χ4v) is 5.40. The topological polar surface area (TPSA) is 158 Å².